The highest BCUT2D eigenvalue weighted by Gasteiger charge is 2.29. The fourth-order valence-corrected chi connectivity index (χ4v) is 3.57. The van der Waals surface area contributed by atoms with Crippen molar-refractivity contribution >= 4 is 18.0 Å². The van der Waals surface area contributed by atoms with Crippen molar-refractivity contribution in [2.45, 2.75) is 44.7 Å². The largest absolute Gasteiger partial charge is 0.480 e. The van der Waals surface area contributed by atoms with Gasteiger partial charge in [-0.25, -0.2) is 9.59 Å². The lowest BCUT2D eigenvalue weighted by molar-refractivity contribution is -0.143. The average Bonchev–Trinajstić information content (AvgIpc) is 3.22. The van der Waals surface area contributed by atoms with Crippen LogP contribution in [0.2, 0.25) is 0 Å². The zero-order valence-electron chi connectivity index (χ0n) is 20.8. The Bertz CT molecular complexity index is 936. The number of nitrogens with one attached hydrogen (secondary N) is 1. The minimum absolute atomic E-state index is 0.0532. The van der Waals surface area contributed by atoms with E-state index in [0.717, 1.165) is 22.3 Å². The first-order chi connectivity index (χ1) is 17.3. The fourth-order valence-electron chi connectivity index (χ4n) is 3.57. The summed E-state index contributed by atoms with van der Waals surface area (Å²) in [6.45, 7) is 3.74. The maximum Gasteiger partial charge on any atom is 0.407 e. The molecule has 2 aromatic rings. The molecule has 0 spiro atoms. The Morgan fingerprint density at radius 3 is 1.86 bits per heavy atom. The first-order valence-electron chi connectivity index (χ1n) is 11.7. The van der Waals surface area contributed by atoms with Crippen LogP contribution in [-0.2, 0) is 19.1 Å². The molecule has 1 aliphatic rings. The summed E-state index contributed by atoms with van der Waals surface area (Å²) in [5, 5.41) is 27.7. The van der Waals surface area contributed by atoms with Crippen LogP contribution in [0.4, 0.5) is 4.79 Å². The number of ether oxygens (including phenoxy) is 2. The SMILES string of the molecule is CC.COC(=O)[C@H](CCO)NC(=O)OCC1c2ccccc2-c2ccccc21.N[C@@H](CCO)C(=O)O. The molecule has 0 radical (unpaired) electrons. The molecule has 6 N–H and O–H groups in total. The van der Waals surface area contributed by atoms with E-state index in [2.05, 4.69) is 22.2 Å². The van der Waals surface area contributed by atoms with Gasteiger partial charge in [-0.15, -0.1) is 0 Å². The molecular formula is C26H36N2O8. The molecule has 0 aromatic heterocycles. The molecule has 2 aromatic carbocycles. The molecule has 2 atom stereocenters. The number of amides is 1. The third-order valence-electron chi connectivity index (χ3n) is 5.30. The van der Waals surface area contributed by atoms with Crippen molar-refractivity contribution in [3.8, 4) is 11.1 Å². The molecular weight excluding hydrogens is 468 g/mol. The Balaban J connectivity index is 0.000000554. The predicted octanol–water partition coefficient (Wildman–Crippen LogP) is 2.26. The van der Waals surface area contributed by atoms with Gasteiger partial charge in [-0.05, 0) is 28.7 Å². The fraction of sp³-hybridized carbons (Fsp3) is 0.423. The second kappa shape index (κ2) is 16.2. The Hall–Kier alpha value is -3.47. The van der Waals surface area contributed by atoms with E-state index in [0.29, 0.717) is 0 Å². The highest BCUT2D eigenvalue weighted by atomic mass is 16.6. The smallest absolute Gasteiger partial charge is 0.407 e. The van der Waals surface area contributed by atoms with E-state index in [4.69, 9.17) is 25.8 Å². The number of carbonyl (C=O) groups excluding carboxylic acids is 2. The predicted molar refractivity (Wildman–Crippen MR) is 134 cm³/mol. The standard InChI is InChI=1S/C20H21NO5.C4H9NO3.C2H6/c1-25-19(23)18(10-11-22)21-20(24)26-12-17-15-8-4-2-6-13(15)14-7-3-5-9-16(14)17;5-3(1-2-6)4(7)8;1-2/h2-9,17-18,22H,10-12H2,1H3,(H,21,24);3,6H,1-2,5H2,(H,7,8);1-2H3/t18-;3-;/m00./s1. The van der Waals surface area contributed by atoms with Crippen molar-refractivity contribution in [3.05, 3.63) is 59.7 Å². The number of aliphatic hydroxyl groups excluding tert-OH is 2. The number of benzene rings is 2. The number of nitrogens with two attached hydrogens (primary N) is 1. The van der Waals surface area contributed by atoms with Crippen LogP contribution in [0.25, 0.3) is 11.1 Å². The quantitative estimate of drug-likeness (QED) is 0.322. The summed E-state index contributed by atoms with van der Waals surface area (Å²) in [6.07, 6.45) is -0.526. The summed E-state index contributed by atoms with van der Waals surface area (Å²) in [4.78, 5) is 33.6. The van der Waals surface area contributed by atoms with Gasteiger partial charge in [0.2, 0.25) is 0 Å². The van der Waals surface area contributed by atoms with Crippen molar-refractivity contribution < 1.29 is 39.2 Å². The number of fused-ring (bicyclic) bond motifs is 3. The molecule has 0 saturated carbocycles. The van der Waals surface area contributed by atoms with Gasteiger partial charge >= 0.3 is 18.0 Å². The van der Waals surface area contributed by atoms with Crippen molar-refractivity contribution in [2.75, 3.05) is 26.9 Å². The average molecular weight is 505 g/mol. The molecule has 10 heteroatoms. The van der Waals surface area contributed by atoms with E-state index in [-0.39, 0.29) is 38.6 Å². The second-order valence-electron chi connectivity index (χ2n) is 7.51. The van der Waals surface area contributed by atoms with E-state index in [1.807, 2.05) is 50.2 Å². The first-order valence-corrected chi connectivity index (χ1v) is 11.7. The number of esters is 1. The van der Waals surface area contributed by atoms with Gasteiger partial charge in [0.15, 0.2) is 0 Å². The minimum atomic E-state index is -1.07. The molecule has 0 bridgehead atoms. The molecule has 1 amide bonds. The van der Waals surface area contributed by atoms with Crippen molar-refractivity contribution in [2.24, 2.45) is 5.73 Å². The molecule has 0 fully saturated rings. The lowest BCUT2D eigenvalue weighted by Crippen LogP contribution is -2.42. The van der Waals surface area contributed by atoms with Crippen LogP contribution in [-0.4, -0.2) is 72.4 Å². The summed E-state index contributed by atoms with van der Waals surface area (Å²) < 4.78 is 9.99. The lowest BCUT2D eigenvalue weighted by Gasteiger charge is -2.17. The normalized spacial score (nSPS) is 12.8. The summed E-state index contributed by atoms with van der Waals surface area (Å²) in [5.41, 5.74) is 9.48. The maximum atomic E-state index is 12.1. The molecule has 36 heavy (non-hydrogen) atoms. The van der Waals surface area contributed by atoms with Gasteiger partial charge in [0.1, 0.15) is 18.7 Å². The van der Waals surface area contributed by atoms with Crippen LogP contribution >= 0.6 is 0 Å². The number of rotatable bonds is 9. The summed E-state index contributed by atoms with van der Waals surface area (Å²) in [6, 6.07) is 14.2. The third kappa shape index (κ3) is 8.63. The van der Waals surface area contributed by atoms with Gasteiger partial charge in [-0.1, -0.05) is 62.4 Å². The van der Waals surface area contributed by atoms with Gasteiger partial charge in [0.05, 0.1) is 7.11 Å². The van der Waals surface area contributed by atoms with Gasteiger partial charge in [-0.2, -0.15) is 0 Å². The first kappa shape index (κ1) is 30.6. The van der Waals surface area contributed by atoms with Crippen LogP contribution in [0.5, 0.6) is 0 Å². The Morgan fingerprint density at radius 1 is 0.944 bits per heavy atom. The molecule has 0 saturated heterocycles. The van der Waals surface area contributed by atoms with Crippen molar-refractivity contribution in [1.29, 1.82) is 0 Å². The lowest BCUT2D eigenvalue weighted by atomic mass is 9.98. The van der Waals surface area contributed by atoms with E-state index >= 15 is 0 Å². The number of hydrogen-bond donors (Lipinski definition) is 5. The van der Waals surface area contributed by atoms with Gasteiger partial charge in [0.25, 0.3) is 0 Å². The summed E-state index contributed by atoms with van der Waals surface area (Å²) in [5.74, 6) is -1.74. The highest BCUT2D eigenvalue weighted by molar-refractivity contribution is 5.82. The van der Waals surface area contributed by atoms with Crippen molar-refractivity contribution in [3.63, 3.8) is 0 Å². The van der Waals surface area contributed by atoms with Gasteiger partial charge in [0, 0.05) is 25.6 Å². The monoisotopic (exact) mass is 504 g/mol. The number of carboxylic acids is 1. The Labute approximate surface area is 211 Å². The van der Waals surface area contributed by atoms with Gasteiger partial charge in [-0.3, -0.25) is 4.79 Å². The highest BCUT2D eigenvalue weighted by Crippen LogP contribution is 2.44. The Morgan fingerprint density at radius 2 is 1.44 bits per heavy atom. The van der Waals surface area contributed by atoms with E-state index in [9.17, 15) is 14.4 Å². The zero-order chi connectivity index (χ0) is 27.1. The number of alkyl carbamates (subject to hydrolysis) is 1. The maximum absolute atomic E-state index is 12.1. The van der Waals surface area contributed by atoms with E-state index in [1.165, 1.54) is 7.11 Å². The molecule has 1 aliphatic carbocycles. The van der Waals surface area contributed by atoms with Crippen LogP contribution in [0.1, 0.15) is 43.7 Å². The van der Waals surface area contributed by atoms with Crippen molar-refractivity contribution in [1.82, 2.24) is 5.32 Å². The number of carbonyl (C=O) groups is 3. The van der Waals surface area contributed by atoms with Crippen LogP contribution in [0, 0.1) is 0 Å². The number of methoxy groups -OCH3 is 1. The van der Waals surface area contributed by atoms with E-state index < -0.39 is 30.1 Å². The number of carboxylic acid groups (broad SMARTS) is 1. The minimum Gasteiger partial charge on any atom is -0.480 e. The molecule has 10 nitrogen and oxygen atoms in total. The molecule has 3 rings (SSSR count). The van der Waals surface area contributed by atoms with Crippen LogP contribution in [0.3, 0.4) is 0 Å². The summed E-state index contributed by atoms with van der Waals surface area (Å²) >= 11 is 0. The van der Waals surface area contributed by atoms with Gasteiger partial charge < -0.3 is 35.8 Å². The van der Waals surface area contributed by atoms with Crippen LogP contribution in [0.15, 0.2) is 48.5 Å². The second-order valence-corrected chi connectivity index (χ2v) is 7.51. The molecule has 0 aliphatic heterocycles. The number of aliphatic carboxylic acids is 1. The molecule has 198 valence electrons. The Kier molecular flexibility index (Phi) is 13.8. The summed E-state index contributed by atoms with van der Waals surface area (Å²) in [7, 11) is 1.23. The molecule has 0 unspecified atom stereocenters. The van der Waals surface area contributed by atoms with E-state index in [1.54, 1.807) is 0 Å². The third-order valence-corrected chi connectivity index (χ3v) is 5.30. The number of aliphatic hydroxyl groups is 2. The number of hydrogen-bond acceptors (Lipinski definition) is 8. The molecule has 0 heterocycles. The van der Waals surface area contributed by atoms with Crippen LogP contribution < -0.4 is 11.1 Å². The zero-order valence-corrected chi connectivity index (χ0v) is 20.8. The topological polar surface area (TPSA) is 168 Å².